The molecule has 1 aromatic heterocycles. The number of rotatable bonds is 2. The van der Waals surface area contributed by atoms with Crippen LogP contribution in [0.2, 0.25) is 0 Å². The fourth-order valence-electron chi connectivity index (χ4n) is 2.93. The molecule has 4 aromatic rings. The second kappa shape index (κ2) is 5.43. The molecule has 0 radical (unpaired) electrons. The highest BCUT2D eigenvalue weighted by atomic mass is 32.1. The Kier molecular flexibility index (Phi) is 3.28. The van der Waals surface area contributed by atoms with Crippen LogP contribution in [0.3, 0.4) is 0 Å². The molecule has 0 saturated heterocycles. The van der Waals surface area contributed by atoms with E-state index in [-0.39, 0.29) is 0 Å². The maximum atomic E-state index is 2.29. The second-order valence-corrected chi connectivity index (χ2v) is 6.54. The number of fused-ring (bicyclic) bond motifs is 3. The van der Waals surface area contributed by atoms with Crippen molar-refractivity contribution >= 4 is 44.5 Å². The van der Waals surface area contributed by atoms with E-state index in [9.17, 15) is 0 Å². The molecule has 0 saturated carbocycles. The van der Waals surface area contributed by atoms with Gasteiger partial charge in [0, 0.05) is 4.88 Å². The van der Waals surface area contributed by atoms with Gasteiger partial charge in [0.15, 0.2) is 0 Å². The molecule has 0 fully saturated rings. The van der Waals surface area contributed by atoms with Gasteiger partial charge in [0.1, 0.15) is 0 Å². The van der Waals surface area contributed by atoms with E-state index in [4.69, 9.17) is 0 Å². The highest BCUT2D eigenvalue weighted by Crippen LogP contribution is 2.29. The lowest BCUT2D eigenvalue weighted by molar-refractivity contribution is 1.63. The Bertz CT molecular complexity index is 975. The lowest BCUT2D eigenvalue weighted by Crippen LogP contribution is -1.82. The molecule has 0 unspecified atom stereocenters. The third kappa shape index (κ3) is 2.34. The summed E-state index contributed by atoms with van der Waals surface area (Å²) in [6, 6.07) is 24.0. The van der Waals surface area contributed by atoms with Gasteiger partial charge in [-0.2, -0.15) is 0 Å². The Hall–Kier alpha value is -2.38. The van der Waals surface area contributed by atoms with E-state index in [0.717, 1.165) is 0 Å². The third-order valence-electron chi connectivity index (χ3n) is 4.10. The molecule has 1 heterocycles. The first-order valence-electron chi connectivity index (χ1n) is 7.45. The summed E-state index contributed by atoms with van der Waals surface area (Å²) < 4.78 is 0. The van der Waals surface area contributed by atoms with Crippen molar-refractivity contribution < 1.29 is 0 Å². The van der Waals surface area contributed by atoms with E-state index < -0.39 is 0 Å². The predicted molar refractivity (Wildman–Crippen MR) is 99.3 cm³/mol. The highest BCUT2D eigenvalue weighted by molar-refractivity contribution is 7.10. The Morgan fingerprint density at radius 1 is 0.818 bits per heavy atom. The summed E-state index contributed by atoms with van der Waals surface area (Å²) >= 11 is 1.78. The van der Waals surface area contributed by atoms with Gasteiger partial charge < -0.3 is 0 Å². The monoisotopic (exact) mass is 300 g/mol. The highest BCUT2D eigenvalue weighted by Gasteiger charge is 2.03. The Labute approximate surface area is 134 Å². The first-order valence-corrected chi connectivity index (χ1v) is 8.33. The van der Waals surface area contributed by atoms with Crippen molar-refractivity contribution in [3.8, 4) is 0 Å². The smallest absolute Gasteiger partial charge is 0.0273 e. The summed E-state index contributed by atoms with van der Waals surface area (Å²) in [6.45, 7) is 2.18. The van der Waals surface area contributed by atoms with E-state index in [1.165, 1.54) is 37.6 Å². The largest absolute Gasteiger partial charge is 0.144 e. The summed E-state index contributed by atoms with van der Waals surface area (Å²) in [6.07, 6.45) is 2.26. The van der Waals surface area contributed by atoms with Crippen molar-refractivity contribution in [2.75, 3.05) is 0 Å². The average Bonchev–Trinajstić information content (AvgIpc) is 3.07. The van der Waals surface area contributed by atoms with E-state index >= 15 is 0 Å². The summed E-state index contributed by atoms with van der Waals surface area (Å²) in [7, 11) is 0. The molecule has 0 aliphatic heterocycles. The summed E-state index contributed by atoms with van der Waals surface area (Å²) in [5.74, 6) is 0. The molecular formula is C21H16S. The molecule has 0 aliphatic carbocycles. The van der Waals surface area contributed by atoms with Gasteiger partial charge in [-0.15, -0.1) is 11.3 Å². The van der Waals surface area contributed by atoms with Crippen molar-refractivity contribution in [3.63, 3.8) is 0 Å². The van der Waals surface area contributed by atoms with Crippen LogP contribution in [0, 0.1) is 0 Å². The van der Waals surface area contributed by atoms with E-state index in [1.807, 2.05) is 0 Å². The number of allylic oxidation sites excluding steroid dienone is 1. The minimum Gasteiger partial charge on any atom is -0.144 e. The zero-order chi connectivity index (χ0) is 14.9. The SMILES string of the molecule is C/C(=C\c1cccs1)c1ccc2c(ccc3ccccc32)c1. The van der Waals surface area contributed by atoms with Gasteiger partial charge in [0.05, 0.1) is 0 Å². The van der Waals surface area contributed by atoms with Crippen molar-refractivity contribution in [2.45, 2.75) is 6.92 Å². The maximum absolute atomic E-state index is 2.29. The third-order valence-corrected chi connectivity index (χ3v) is 4.92. The van der Waals surface area contributed by atoms with Crippen molar-refractivity contribution in [1.29, 1.82) is 0 Å². The minimum absolute atomic E-state index is 1.29. The van der Waals surface area contributed by atoms with Gasteiger partial charge in [-0.25, -0.2) is 0 Å². The van der Waals surface area contributed by atoms with E-state index in [1.54, 1.807) is 11.3 Å². The predicted octanol–water partition coefficient (Wildman–Crippen LogP) is 6.62. The van der Waals surface area contributed by atoms with Crippen LogP contribution < -0.4 is 0 Å². The Morgan fingerprint density at radius 2 is 1.64 bits per heavy atom. The molecule has 0 amide bonds. The molecule has 106 valence electrons. The van der Waals surface area contributed by atoms with Gasteiger partial charge >= 0.3 is 0 Å². The molecule has 22 heavy (non-hydrogen) atoms. The maximum Gasteiger partial charge on any atom is 0.0273 e. The summed E-state index contributed by atoms with van der Waals surface area (Å²) in [4.78, 5) is 1.30. The van der Waals surface area contributed by atoms with Crippen molar-refractivity contribution in [2.24, 2.45) is 0 Å². The molecule has 0 nitrogen and oxygen atoms in total. The molecule has 0 N–H and O–H groups in total. The fraction of sp³-hybridized carbons (Fsp3) is 0.0476. The lowest BCUT2D eigenvalue weighted by atomic mass is 9.98. The van der Waals surface area contributed by atoms with Crippen LogP contribution in [-0.2, 0) is 0 Å². The second-order valence-electron chi connectivity index (χ2n) is 5.57. The number of hydrogen-bond donors (Lipinski definition) is 0. The number of hydrogen-bond acceptors (Lipinski definition) is 1. The minimum atomic E-state index is 1.29. The molecule has 1 heteroatoms. The van der Waals surface area contributed by atoms with Gasteiger partial charge in [0.25, 0.3) is 0 Å². The molecule has 4 rings (SSSR count). The molecule has 0 atom stereocenters. The fourth-order valence-corrected chi connectivity index (χ4v) is 3.64. The zero-order valence-electron chi connectivity index (χ0n) is 12.4. The molecule has 0 bridgehead atoms. The van der Waals surface area contributed by atoms with Crippen molar-refractivity contribution in [3.05, 3.63) is 82.6 Å². The standard InChI is InChI=1S/C21H16S/c1-15(13-19-6-4-12-22-19)17-10-11-21-18(14-17)9-8-16-5-2-3-7-20(16)21/h2-14H,1H3/b15-13+. The van der Waals surface area contributed by atoms with Crippen LogP contribution in [0.15, 0.2) is 72.1 Å². The van der Waals surface area contributed by atoms with E-state index in [0.29, 0.717) is 0 Å². The van der Waals surface area contributed by atoms with Crippen LogP contribution >= 0.6 is 11.3 Å². The Morgan fingerprint density at radius 3 is 2.50 bits per heavy atom. The van der Waals surface area contributed by atoms with Gasteiger partial charge in [-0.05, 0) is 63.2 Å². The van der Waals surface area contributed by atoms with Crippen LogP contribution in [0.4, 0.5) is 0 Å². The van der Waals surface area contributed by atoms with Gasteiger partial charge in [0.2, 0.25) is 0 Å². The van der Waals surface area contributed by atoms with Crippen LogP contribution in [-0.4, -0.2) is 0 Å². The Balaban J connectivity index is 1.86. The van der Waals surface area contributed by atoms with Crippen LogP contribution in [0.25, 0.3) is 33.2 Å². The molecule has 0 spiro atoms. The summed E-state index contributed by atoms with van der Waals surface area (Å²) in [5, 5.41) is 7.37. The summed E-state index contributed by atoms with van der Waals surface area (Å²) in [5.41, 5.74) is 2.59. The average molecular weight is 300 g/mol. The first-order chi connectivity index (χ1) is 10.8. The van der Waals surface area contributed by atoms with E-state index in [2.05, 4.69) is 85.1 Å². The van der Waals surface area contributed by atoms with Crippen LogP contribution in [0.5, 0.6) is 0 Å². The topological polar surface area (TPSA) is 0 Å². The molecule has 3 aromatic carbocycles. The van der Waals surface area contributed by atoms with Crippen molar-refractivity contribution in [1.82, 2.24) is 0 Å². The van der Waals surface area contributed by atoms with Gasteiger partial charge in [-0.1, -0.05) is 54.6 Å². The quantitative estimate of drug-likeness (QED) is 0.365. The zero-order valence-corrected chi connectivity index (χ0v) is 13.2. The molecule has 0 aliphatic rings. The lowest BCUT2D eigenvalue weighted by Gasteiger charge is -2.07. The van der Waals surface area contributed by atoms with Crippen LogP contribution in [0.1, 0.15) is 17.4 Å². The molecular weight excluding hydrogens is 284 g/mol. The van der Waals surface area contributed by atoms with Gasteiger partial charge in [-0.3, -0.25) is 0 Å². The first kappa shape index (κ1) is 13.3. The number of thiophene rings is 1. The number of benzene rings is 3. The normalized spacial score (nSPS) is 12.1.